The highest BCUT2D eigenvalue weighted by molar-refractivity contribution is 7.98. The molecular weight excluding hydrogens is 354 g/mol. The van der Waals surface area contributed by atoms with Crippen LogP contribution in [0.1, 0.15) is 47.0 Å². The number of ether oxygens (including phenoxy) is 1. The van der Waals surface area contributed by atoms with Crippen molar-refractivity contribution < 1.29 is 14.3 Å². The van der Waals surface area contributed by atoms with Gasteiger partial charge < -0.3 is 10.1 Å². The molecular formula is C19H23NO3S2. The average Bonchev–Trinajstić information content (AvgIpc) is 3.04. The number of carbonyl (C=O) groups is 2. The van der Waals surface area contributed by atoms with E-state index < -0.39 is 5.97 Å². The summed E-state index contributed by atoms with van der Waals surface area (Å²) >= 11 is 3.06. The molecule has 0 aliphatic carbocycles. The van der Waals surface area contributed by atoms with Gasteiger partial charge in [-0.05, 0) is 24.8 Å². The summed E-state index contributed by atoms with van der Waals surface area (Å²) in [5.41, 5.74) is 1.60. The number of benzene rings is 1. The van der Waals surface area contributed by atoms with Crippen molar-refractivity contribution in [3.63, 3.8) is 0 Å². The van der Waals surface area contributed by atoms with E-state index in [4.69, 9.17) is 4.74 Å². The van der Waals surface area contributed by atoms with E-state index in [1.165, 1.54) is 16.9 Å². The fraction of sp³-hybridized carbons (Fsp3) is 0.368. The Balaban J connectivity index is 2.28. The number of amides is 1. The van der Waals surface area contributed by atoms with Gasteiger partial charge in [0.1, 0.15) is 5.00 Å². The van der Waals surface area contributed by atoms with Crippen molar-refractivity contribution >= 4 is 40.0 Å². The van der Waals surface area contributed by atoms with E-state index in [9.17, 15) is 9.59 Å². The maximum Gasteiger partial charge on any atom is 0.341 e. The summed E-state index contributed by atoms with van der Waals surface area (Å²) < 4.78 is 5.14. The molecule has 0 saturated carbocycles. The first kappa shape index (κ1) is 19.5. The first-order valence-electron chi connectivity index (χ1n) is 8.21. The number of nitrogens with one attached hydrogen (secondary N) is 1. The van der Waals surface area contributed by atoms with Crippen molar-refractivity contribution in [2.24, 2.45) is 0 Å². The summed E-state index contributed by atoms with van der Waals surface area (Å²) in [6.45, 7) is 4.17. The molecule has 0 saturated heterocycles. The van der Waals surface area contributed by atoms with Crippen LogP contribution in [0.15, 0.2) is 36.4 Å². The van der Waals surface area contributed by atoms with Gasteiger partial charge in [0, 0.05) is 23.0 Å². The zero-order chi connectivity index (χ0) is 18.2. The molecule has 1 aromatic carbocycles. The second-order valence-corrected chi connectivity index (χ2v) is 7.60. The molecule has 0 bridgehead atoms. The minimum Gasteiger partial charge on any atom is -0.462 e. The quantitative estimate of drug-likeness (QED) is 0.673. The van der Waals surface area contributed by atoms with Crippen LogP contribution in [0.4, 0.5) is 5.00 Å². The van der Waals surface area contributed by atoms with Gasteiger partial charge in [0.25, 0.3) is 0 Å². The highest BCUT2D eigenvalue weighted by Crippen LogP contribution is 2.36. The standard InChI is InChI=1S/C19H23NO3S2/c1-4-23-19(22)15-12-16(13(2)14-8-6-5-7-9-14)25-18(15)20-17(21)10-11-24-3/h5-9,12-13H,4,10-11H2,1-3H3,(H,20,21)/t13-/m1/s1. The molecule has 2 rings (SSSR count). The van der Waals surface area contributed by atoms with Gasteiger partial charge in [-0.2, -0.15) is 11.8 Å². The molecule has 0 aliphatic heterocycles. The van der Waals surface area contributed by atoms with E-state index in [0.29, 0.717) is 23.6 Å². The smallest absolute Gasteiger partial charge is 0.341 e. The maximum absolute atomic E-state index is 12.3. The third-order valence-corrected chi connectivity index (χ3v) is 5.60. The fourth-order valence-corrected chi connectivity index (χ4v) is 3.90. The predicted molar refractivity (Wildman–Crippen MR) is 106 cm³/mol. The molecule has 1 heterocycles. The Hall–Kier alpha value is -1.79. The van der Waals surface area contributed by atoms with Crippen LogP contribution in [0.5, 0.6) is 0 Å². The van der Waals surface area contributed by atoms with Crippen LogP contribution in [0.2, 0.25) is 0 Å². The molecule has 2 aromatic rings. The third-order valence-electron chi connectivity index (χ3n) is 3.76. The predicted octanol–water partition coefficient (Wildman–Crippen LogP) is 4.77. The second kappa shape index (κ2) is 9.63. The maximum atomic E-state index is 12.3. The first-order valence-corrected chi connectivity index (χ1v) is 10.4. The van der Waals surface area contributed by atoms with E-state index >= 15 is 0 Å². The van der Waals surface area contributed by atoms with Gasteiger partial charge in [0.2, 0.25) is 5.91 Å². The minimum absolute atomic E-state index is 0.0827. The molecule has 0 fully saturated rings. The van der Waals surface area contributed by atoms with Gasteiger partial charge in [0.05, 0.1) is 12.2 Å². The third kappa shape index (κ3) is 5.34. The van der Waals surface area contributed by atoms with Gasteiger partial charge in [0.15, 0.2) is 0 Å². The molecule has 134 valence electrons. The van der Waals surface area contributed by atoms with Crippen molar-refractivity contribution in [3.8, 4) is 0 Å². The molecule has 0 aliphatic rings. The van der Waals surface area contributed by atoms with Crippen LogP contribution >= 0.6 is 23.1 Å². The highest BCUT2D eigenvalue weighted by Gasteiger charge is 2.22. The summed E-state index contributed by atoms with van der Waals surface area (Å²) in [6, 6.07) is 11.9. The van der Waals surface area contributed by atoms with Crippen LogP contribution in [0.25, 0.3) is 0 Å². The summed E-state index contributed by atoms with van der Waals surface area (Å²) in [5.74, 6) is 0.404. The van der Waals surface area contributed by atoms with Crippen LogP contribution in [-0.4, -0.2) is 30.5 Å². The lowest BCUT2D eigenvalue weighted by atomic mass is 9.99. The van der Waals surface area contributed by atoms with Gasteiger partial charge in [-0.15, -0.1) is 11.3 Å². The van der Waals surface area contributed by atoms with Crippen molar-refractivity contribution in [1.29, 1.82) is 0 Å². The van der Waals surface area contributed by atoms with E-state index in [-0.39, 0.29) is 11.8 Å². The van der Waals surface area contributed by atoms with Gasteiger partial charge in [-0.25, -0.2) is 4.79 Å². The first-order chi connectivity index (χ1) is 12.1. The van der Waals surface area contributed by atoms with Crippen molar-refractivity contribution in [2.75, 3.05) is 23.9 Å². The molecule has 1 N–H and O–H groups in total. The zero-order valence-corrected chi connectivity index (χ0v) is 16.3. The molecule has 0 spiro atoms. The Morgan fingerprint density at radius 2 is 2.00 bits per heavy atom. The lowest BCUT2D eigenvalue weighted by molar-refractivity contribution is -0.115. The largest absolute Gasteiger partial charge is 0.462 e. The van der Waals surface area contributed by atoms with Crippen LogP contribution in [0.3, 0.4) is 0 Å². The van der Waals surface area contributed by atoms with Gasteiger partial charge >= 0.3 is 5.97 Å². The van der Waals surface area contributed by atoms with Crippen molar-refractivity contribution in [1.82, 2.24) is 0 Å². The van der Waals surface area contributed by atoms with Crippen LogP contribution in [0, 0.1) is 0 Å². The fourth-order valence-electron chi connectivity index (χ4n) is 2.37. The Morgan fingerprint density at radius 3 is 2.64 bits per heavy atom. The molecule has 0 unspecified atom stereocenters. The number of hydrogen-bond acceptors (Lipinski definition) is 5. The minimum atomic E-state index is -0.398. The molecule has 0 radical (unpaired) electrons. The summed E-state index contributed by atoms with van der Waals surface area (Å²) in [4.78, 5) is 25.4. The van der Waals surface area contributed by atoms with Crippen LogP contribution < -0.4 is 5.32 Å². The lowest BCUT2D eigenvalue weighted by Gasteiger charge is -2.09. The summed E-state index contributed by atoms with van der Waals surface area (Å²) in [7, 11) is 0. The lowest BCUT2D eigenvalue weighted by Crippen LogP contribution is -2.14. The van der Waals surface area contributed by atoms with E-state index in [0.717, 1.165) is 10.6 Å². The zero-order valence-electron chi connectivity index (χ0n) is 14.7. The van der Waals surface area contributed by atoms with Crippen molar-refractivity contribution in [3.05, 3.63) is 52.4 Å². The van der Waals surface area contributed by atoms with Gasteiger partial charge in [-0.3, -0.25) is 4.79 Å². The molecule has 1 aromatic heterocycles. The second-order valence-electron chi connectivity index (χ2n) is 5.54. The summed E-state index contributed by atoms with van der Waals surface area (Å²) in [6.07, 6.45) is 2.38. The normalized spacial score (nSPS) is 11.8. The topological polar surface area (TPSA) is 55.4 Å². The van der Waals surface area contributed by atoms with E-state index in [1.807, 2.05) is 30.5 Å². The Bertz CT molecular complexity index is 713. The average molecular weight is 378 g/mol. The Morgan fingerprint density at radius 1 is 1.28 bits per heavy atom. The number of esters is 1. The van der Waals surface area contributed by atoms with Crippen LogP contribution in [-0.2, 0) is 9.53 Å². The molecule has 6 heteroatoms. The van der Waals surface area contributed by atoms with E-state index in [2.05, 4.69) is 24.4 Å². The van der Waals surface area contributed by atoms with Gasteiger partial charge in [-0.1, -0.05) is 37.3 Å². The highest BCUT2D eigenvalue weighted by atomic mass is 32.2. The van der Waals surface area contributed by atoms with Crippen molar-refractivity contribution in [2.45, 2.75) is 26.2 Å². The number of rotatable bonds is 8. The SMILES string of the molecule is CCOC(=O)c1cc([C@H](C)c2ccccc2)sc1NC(=O)CCSC. The Labute approximate surface area is 157 Å². The number of hydrogen-bond donors (Lipinski definition) is 1. The molecule has 4 nitrogen and oxygen atoms in total. The Kier molecular flexibility index (Phi) is 7.52. The number of thioether (sulfide) groups is 1. The molecule has 1 amide bonds. The van der Waals surface area contributed by atoms with E-state index in [1.54, 1.807) is 18.7 Å². The molecule has 1 atom stereocenters. The number of anilines is 1. The summed E-state index contributed by atoms with van der Waals surface area (Å²) in [5, 5.41) is 3.45. The molecule has 25 heavy (non-hydrogen) atoms. The number of thiophene rings is 1. The monoisotopic (exact) mass is 377 g/mol. The number of carbonyl (C=O) groups excluding carboxylic acids is 2.